The van der Waals surface area contributed by atoms with Crippen LogP contribution in [0.4, 0.5) is 10.1 Å². The van der Waals surface area contributed by atoms with E-state index in [-0.39, 0.29) is 17.3 Å². The first-order valence-corrected chi connectivity index (χ1v) is 7.74. The number of hydrogen-bond donors (Lipinski definition) is 1. The Balaban J connectivity index is 1.92. The summed E-state index contributed by atoms with van der Waals surface area (Å²) >= 11 is 4.39. The molecule has 0 spiro atoms. The molecule has 1 amide bonds. The van der Waals surface area contributed by atoms with Crippen molar-refractivity contribution in [2.24, 2.45) is 0 Å². The number of amides is 1. The Kier molecular flexibility index (Phi) is 5.51. The van der Waals surface area contributed by atoms with Crippen LogP contribution in [-0.4, -0.2) is 26.4 Å². The summed E-state index contributed by atoms with van der Waals surface area (Å²) in [7, 11) is 0. The van der Waals surface area contributed by atoms with Gasteiger partial charge in [0.15, 0.2) is 5.16 Å². The Labute approximate surface area is 133 Å². The van der Waals surface area contributed by atoms with E-state index in [1.54, 1.807) is 23.0 Å². The van der Waals surface area contributed by atoms with Gasteiger partial charge in [0.05, 0.1) is 11.4 Å². The maximum Gasteiger partial charge on any atom is 0.234 e. The van der Waals surface area contributed by atoms with Crippen molar-refractivity contribution < 1.29 is 9.18 Å². The van der Waals surface area contributed by atoms with E-state index in [2.05, 4.69) is 38.0 Å². The topological polar surface area (TPSA) is 59.8 Å². The van der Waals surface area contributed by atoms with Gasteiger partial charge in [-0.2, -0.15) is 0 Å². The highest BCUT2D eigenvalue weighted by atomic mass is 79.9. The summed E-state index contributed by atoms with van der Waals surface area (Å²) in [6.45, 7) is 4.20. The van der Waals surface area contributed by atoms with E-state index < -0.39 is 5.82 Å². The molecule has 0 aliphatic heterocycles. The van der Waals surface area contributed by atoms with Crippen molar-refractivity contribution in [3.05, 3.63) is 47.5 Å². The highest BCUT2D eigenvalue weighted by Crippen LogP contribution is 2.20. The Hall–Kier alpha value is -1.67. The molecule has 1 aromatic heterocycles. The molecule has 0 radical (unpaired) electrons. The van der Waals surface area contributed by atoms with E-state index in [1.165, 1.54) is 23.9 Å². The minimum absolute atomic E-state index is 0.116. The molecule has 0 fully saturated rings. The van der Waals surface area contributed by atoms with Crippen molar-refractivity contribution in [1.82, 2.24) is 14.8 Å². The first-order valence-electron chi connectivity index (χ1n) is 5.96. The number of carbonyl (C=O) groups excluding carboxylic acids is 1. The van der Waals surface area contributed by atoms with E-state index in [0.29, 0.717) is 16.2 Å². The zero-order valence-electron chi connectivity index (χ0n) is 10.9. The van der Waals surface area contributed by atoms with Gasteiger partial charge in [-0.1, -0.05) is 33.8 Å². The molecule has 2 aromatic rings. The Morgan fingerprint density at radius 1 is 1.57 bits per heavy atom. The zero-order valence-corrected chi connectivity index (χ0v) is 13.3. The maximum atomic E-state index is 13.6. The van der Waals surface area contributed by atoms with Crippen molar-refractivity contribution in [2.45, 2.75) is 11.7 Å². The summed E-state index contributed by atoms with van der Waals surface area (Å²) in [4.78, 5) is 11.8. The number of aromatic nitrogens is 3. The summed E-state index contributed by atoms with van der Waals surface area (Å²) in [5, 5.41) is 10.8. The van der Waals surface area contributed by atoms with Crippen LogP contribution in [0.15, 0.2) is 46.8 Å². The Bertz CT molecular complexity index is 661. The van der Waals surface area contributed by atoms with Crippen LogP contribution in [0.1, 0.15) is 0 Å². The van der Waals surface area contributed by atoms with E-state index in [0.717, 1.165) is 0 Å². The molecular weight excluding hydrogens is 359 g/mol. The average molecular weight is 371 g/mol. The number of halogens is 2. The number of rotatable bonds is 6. The van der Waals surface area contributed by atoms with Gasteiger partial charge in [-0.25, -0.2) is 4.39 Å². The molecule has 0 aliphatic rings. The van der Waals surface area contributed by atoms with Crippen LogP contribution in [0, 0.1) is 5.82 Å². The number of carbonyl (C=O) groups is 1. The van der Waals surface area contributed by atoms with Crippen LogP contribution in [0.2, 0.25) is 0 Å². The predicted octanol–water partition coefficient (Wildman–Crippen LogP) is 3.10. The maximum absolute atomic E-state index is 13.6. The second-order valence-electron chi connectivity index (χ2n) is 4.02. The molecule has 0 aliphatic carbocycles. The fourth-order valence-electron chi connectivity index (χ4n) is 1.53. The first-order chi connectivity index (χ1) is 10.1. The molecule has 5 nitrogen and oxygen atoms in total. The van der Waals surface area contributed by atoms with E-state index in [1.807, 2.05) is 0 Å². The largest absolute Gasteiger partial charge is 0.323 e. The fraction of sp³-hybridized carbons (Fsp3) is 0.154. The third-order valence-electron chi connectivity index (χ3n) is 2.44. The molecule has 0 unspecified atom stereocenters. The van der Waals surface area contributed by atoms with Gasteiger partial charge in [0.2, 0.25) is 5.91 Å². The zero-order chi connectivity index (χ0) is 15.2. The molecule has 0 saturated carbocycles. The summed E-state index contributed by atoms with van der Waals surface area (Å²) in [5.41, 5.74) is 0.149. The number of benzene rings is 1. The lowest BCUT2D eigenvalue weighted by Crippen LogP contribution is -2.15. The lowest BCUT2D eigenvalue weighted by Gasteiger charge is -2.07. The fourth-order valence-corrected chi connectivity index (χ4v) is 2.59. The normalized spacial score (nSPS) is 10.4. The van der Waals surface area contributed by atoms with Gasteiger partial charge >= 0.3 is 0 Å². The SMILES string of the molecule is C=CCn1cnnc1SCC(=O)Nc1ccc(Br)cc1F. The lowest BCUT2D eigenvalue weighted by atomic mass is 10.3. The Morgan fingerprint density at radius 3 is 3.10 bits per heavy atom. The molecule has 110 valence electrons. The first kappa shape index (κ1) is 15.7. The average Bonchev–Trinajstić information content (AvgIpc) is 2.88. The van der Waals surface area contributed by atoms with Crippen molar-refractivity contribution in [3.63, 3.8) is 0 Å². The van der Waals surface area contributed by atoms with Crippen molar-refractivity contribution in [2.75, 3.05) is 11.1 Å². The standard InChI is InChI=1S/C13H12BrFN4OS/c1-2-5-19-8-16-18-13(19)21-7-12(20)17-11-4-3-9(14)6-10(11)15/h2-4,6,8H,1,5,7H2,(H,17,20). The highest BCUT2D eigenvalue weighted by molar-refractivity contribution is 9.10. The second-order valence-corrected chi connectivity index (χ2v) is 5.87. The van der Waals surface area contributed by atoms with Crippen LogP contribution in [0.5, 0.6) is 0 Å². The molecule has 8 heteroatoms. The minimum atomic E-state index is -0.488. The van der Waals surface area contributed by atoms with E-state index >= 15 is 0 Å². The van der Waals surface area contributed by atoms with Gasteiger partial charge < -0.3 is 9.88 Å². The third-order valence-corrected chi connectivity index (χ3v) is 3.92. The minimum Gasteiger partial charge on any atom is -0.323 e. The summed E-state index contributed by atoms with van der Waals surface area (Å²) in [6, 6.07) is 4.46. The summed E-state index contributed by atoms with van der Waals surface area (Å²) in [5.74, 6) is -0.683. The molecule has 2 rings (SSSR count). The summed E-state index contributed by atoms with van der Waals surface area (Å²) in [6.07, 6.45) is 3.28. The number of allylic oxidation sites excluding steroid dienone is 1. The van der Waals surface area contributed by atoms with Gasteiger partial charge in [-0.15, -0.1) is 16.8 Å². The summed E-state index contributed by atoms with van der Waals surface area (Å²) < 4.78 is 16.0. The van der Waals surface area contributed by atoms with Gasteiger partial charge in [-0.05, 0) is 18.2 Å². The van der Waals surface area contributed by atoms with Gasteiger partial charge in [0.1, 0.15) is 12.1 Å². The quantitative estimate of drug-likeness (QED) is 0.626. The molecule has 1 aromatic carbocycles. The van der Waals surface area contributed by atoms with Gasteiger partial charge in [-0.3, -0.25) is 4.79 Å². The Morgan fingerprint density at radius 2 is 2.38 bits per heavy atom. The highest BCUT2D eigenvalue weighted by Gasteiger charge is 2.10. The van der Waals surface area contributed by atoms with Crippen LogP contribution in [-0.2, 0) is 11.3 Å². The number of nitrogens with one attached hydrogen (secondary N) is 1. The number of anilines is 1. The van der Waals surface area contributed by atoms with E-state index in [4.69, 9.17) is 0 Å². The van der Waals surface area contributed by atoms with Gasteiger partial charge in [0, 0.05) is 11.0 Å². The number of hydrogen-bond acceptors (Lipinski definition) is 4. The second kappa shape index (κ2) is 7.37. The van der Waals surface area contributed by atoms with Crippen LogP contribution in [0.25, 0.3) is 0 Å². The molecule has 1 N–H and O–H groups in total. The molecule has 0 saturated heterocycles. The van der Waals surface area contributed by atoms with Crippen molar-refractivity contribution >= 4 is 39.3 Å². The smallest absolute Gasteiger partial charge is 0.234 e. The lowest BCUT2D eigenvalue weighted by molar-refractivity contribution is -0.113. The van der Waals surface area contributed by atoms with Gasteiger partial charge in [0.25, 0.3) is 0 Å². The van der Waals surface area contributed by atoms with E-state index in [9.17, 15) is 9.18 Å². The molecule has 21 heavy (non-hydrogen) atoms. The molecular formula is C13H12BrFN4OS. The predicted molar refractivity (Wildman–Crippen MR) is 83.7 cm³/mol. The van der Waals surface area contributed by atoms with Crippen molar-refractivity contribution in [3.8, 4) is 0 Å². The van der Waals surface area contributed by atoms with Crippen LogP contribution in [0.3, 0.4) is 0 Å². The molecule has 1 heterocycles. The van der Waals surface area contributed by atoms with Crippen LogP contribution >= 0.6 is 27.7 Å². The van der Waals surface area contributed by atoms with Crippen LogP contribution < -0.4 is 5.32 Å². The molecule has 0 bridgehead atoms. The third kappa shape index (κ3) is 4.40. The monoisotopic (exact) mass is 370 g/mol. The number of nitrogens with zero attached hydrogens (tertiary/aromatic N) is 3. The van der Waals surface area contributed by atoms with Crippen molar-refractivity contribution in [1.29, 1.82) is 0 Å². The number of thioether (sulfide) groups is 1. The molecule has 0 atom stereocenters.